The van der Waals surface area contributed by atoms with Crippen LogP contribution in [0.5, 0.6) is 0 Å². The summed E-state index contributed by atoms with van der Waals surface area (Å²) in [7, 11) is 0. The van der Waals surface area contributed by atoms with E-state index in [1.807, 2.05) is 40.7 Å². The van der Waals surface area contributed by atoms with Crippen LogP contribution in [-0.2, 0) is 15.7 Å². The molecule has 0 aliphatic rings. The van der Waals surface area contributed by atoms with Gasteiger partial charge in [0.2, 0.25) is 5.91 Å². The molecule has 0 atom stereocenters. The first kappa shape index (κ1) is 23.6. The molecule has 0 aliphatic carbocycles. The average Bonchev–Trinajstić information content (AvgIpc) is 3.03. The molecular weight excluding hydrogens is 383 g/mol. The van der Waals surface area contributed by atoms with Gasteiger partial charge in [-0.2, -0.15) is 5.10 Å². The van der Waals surface area contributed by atoms with Crippen LogP contribution in [0.15, 0.2) is 30.3 Å². The lowest BCUT2D eigenvalue weighted by Crippen LogP contribution is -2.42. The highest BCUT2D eigenvalue weighted by Crippen LogP contribution is 2.28. The normalized spacial score (nSPS) is 12.2. The zero-order valence-corrected chi connectivity index (χ0v) is 19.2. The molecule has 2 amide bonds. The number of carbonyl (C=O) groups is 2. The number of hydrogen-bond donors (Lipinski definition) is 1. The zero-order chi connectivity index (χ0) is 22.9. The summed E-state index contributed by atoms with van der Waals surface area (Å²) in [6, 6.07) is 7.13. The van der Waals surface area contributed by atoms with Crippen molar-refractivity contribution in [3.63, 3.8) is 0 Å². The van der Waals surface area contributed by atoms with Crippen LogP contribution < -0.4 is 5.32 Å². The van der Waals surface area contributed by atoms with Crippen molar-refractivity contribution in [1.29, 1.82) is 0 Å². The van der Waals surface area contributed by atoms with Crippen molar-refractivity contribution < 1.29 is 14.0 Å². The third-order valence-corrected chi connectivity index (χ3v) is 4.65. The fourth-order valence-corrected chi connectivity index (χ4v) is 2.96. The number of hydrogen-bond acceptors (Lipinski definition) is 3. The van der Waals surface area contributed by atoms with Gasteiger partial charge < -0.3 is 10.2 Å². The third kappa shape index (κ3) is 5.68. The molecule has 1 aromatic carbocycles. The van der Waals surface area contributed by atoms with E-state index in [9.17, 15) is 14.0 Å². The number of nitrogens with one attached hydrogen (secondary N) is 1. The van der Waals surface area contributed by atoms with Crippen molar-refractivity contribution in [2.75, 3.05) is 11.9 Å². The summed E-state index contributed by atoms with van der Waals surface area (Å²) in [6.07, 6.45) is 0. The van der Waals surface area contributed by atoms with Crippen molar-refractivity contribution in [3.8, 4) is 0 Å². The van der Waals surface area contributed by atoms with Crippen molar-refractivity contribution in [2.24, 2.45) is 0 Å². The average molecular weight is 417 g/mol. The second-order valence-electron chi connectivity index (χ2n) is 9.83. The predicted octanol–water partition coefficient (Wildman–Crippen LogP) is 4.56. The highest BCUT2D eigenvalue weighted by atomic mass is 19.1. The Hall–Kier alpha value is -2.70. The maximum absolute atomic E-state index is 13.5. The number of amides is 2. The van der Waals surface area contributed by atoms with E-state index in [0.717, 1.165) is 5.69 Å². The Morgan fingerprint density at radius 2 is 1.77 bits per heavy atom. The molecule has 0 saturated heterocycles. The molecular formula is C23H33FN4O2. The number of halogens is 1. The fourth-order valence-electron chi connectivity index (χ4n) is 2.96. The van der Waals surface area contributed by atoms with Crippen molar-refractivity contribution in [2.45, 2.75) is 72.4 Å². The Morgan fingerprint density at radius 3 is 2.27 bits per heavy atom. The minimum absolute atomic E-state index is 0.146. The minimum atomic E-state index is -0.488. The van der Waals surface area contributed by atoms with Crippen LogP contribution in [0.4, 0.5) is 10.2 Å². The summed E-state index contributed by atoms with van der Waals surface area (Å²) in [5.41, 5.74) is 0.574. The fraction of sp³-hybridized carbons (Fsp3) is 0.522. The molecule has 0 saturated carbocycles. The van der Waals surface area contributed by atoms with Crippen LogP contribution in [0.25, 0.3) is 0 Å². The first-order valence-electron chi connectivity index (χ1n) is 10.2. The molecule has 0 fully saturated rings. The molecule has 0 aliphatic heterocycles. The molecule has 0 radical (unpaired) electrons. The molecule has 2 rings (SSSR count). The van der Waals surface area contributed by atoms with Crippen LogP contribution in [0, 0.1) is 5.82 Å². The van der Waals surface area contributed by atoms with E-state index in [1.54, 1.807) is 10.7 Å². The molecule has 0 unspecified atom stereocenters. The first-order valence-corrected chi connectivity index (χ1v) is 10.2. The van der Waals surface area contributed by atoms with E-state index >= 15 is 0 Å². The lowest BCUT2D eigenvalue weighted by molar-refractivity contribution is -0.117. The van der Waals surface area contributed by atoms with Crippen LogP contribution >= 0.6 is 0 Å². The maximum Gasteiger partial charge on any atom is 0.254 e. The lowest BCUT2D eigenvalue weighted by atomic mass is 9.92. The number of carbonyl (C=O) groups excluding carboxylic acids is 2. The summed E-state index contributed by atoms with van der Waals surface area (Å²) < 4.78 is 15.3. The monoisotopic (exact) mass is 416 g/mol. The number of rotatable bonds is 5. The number of anilines is 1. The van der Waals surface area contributed by atoms with Gasteiger partial charge in [-0.25, -0.2) is 9.07 Å². The van der Waals surface area contributed by atoms with Gasteiger partial charge >= 0.3 is 0 Å². The summed E-state index contributed by atoms with van der Waals surface area (Å²) in [6.45, 7) is 15.7. The van der Waals surface area contributed by atoms with Gasteiger partial charge in [-0.05, 0) is 52.8 Å². The Kier molecular flexibility index (Phi) is 6.74. The molecule has 1 N–H and O–H groups in total. The van der Waals surface area contributed by atoms with Gasteiger partial charge in [0.15, 0.2) is 0 Å². The smallest absolute Gasteiger partial charge is 0.254 e. The van der Waals surface area contributed by atoms with Gasteiger partial charge in [-0.15, -0.1) is 0 Å². The van der Waals surface area contributed by atoms with E-state index in [4.69, 9.17) is 5.10 Å². The summed E-state index contributed by atoms with van der Waals surface area (Å²) in [4.78, 5) is 27.1. The molecule has 1 aromatic heterocycles. The van der Waals surface area contributed by atoms with Crippen LogP contribution in [0.3, 0.4) is 0 Å². The summed E-state index contributed by atoms with van der Waals surface area (Å²) >= 11 is 0. The van der Waals surface area contributed by atoms with Crippen LogP contribution in [0.1, 0.15) is 71.4 Å². The number of nitrogens with zero attached hydrogens (tertiary/aromatic N) is 3. The molecule has 0 bridgehead atoms. The van der Waals surface area contributed by atoms with Crippen molar-refractivity contribution >= 4 is 17.6 Å². The van der Waals surface area contributed by atoms with Crippen molar-refractivity contribution in [3.05, 3.63) is 47.4 Å². The number of benzene rings is 1. The molecule has 0 spiro atoms. The lowest BCUT2D eigenvalue weighted by Gasteiger charge is -2.27. The molecule has 7 heteroatoms. The van der Waals surface area contributed by atoms with Gasteiger partial charge in [0.05, 0.1) is 11.2 Å². The van der Waals surface area contributed by atoms with E-state index in [-0.39, 0.29) is 40.9 Å². The largest absolute Gasteiger partial charge is 0.327 e. The molecule has 164 valence electrons. The minimum Gasteiger partial charge on any atom is -0.327 e. The first-order chi connectivity index (χ1) is 13.7. The zero-order valence-electron chi connectivity index (χ0n) is 19.2. The summed E-state index contributed by atoms with van der Waals surface area (Å²) in [5, 5.41) is 7.60. The van der Waals surface area contributed by atoms with E-state index in [0.29, 0.717) is 5.82 Å². The van der Waals surface area contributed by atoms with E-state index in [2.05, 4.69) is 26.1 Å². The second-order valence-corrected chi connectivity index (χ2v) is 9.83. The third-order valence-electron chi connectivity index (χ3n) is 4.65. The van der Waals surface area contributed by atoms with Gasteiger partial charge in [-0.3, -0.25) is 9.59 Å². The quantitative estimate of drug-likeness (QED) is 0.777. The van der Waals surface area contributed by atoms with Gasteiger partial charge in [-0.1, -0.05) is 26.8 Å². The van der Waals surface area contributed by atoms with Crippen LogP contribution in [0.2, 0.25) is 0 Å². The topological polar surface area (TPSA) is 67.2 Å². The standard InChI is InChI=1S/C23H33FN4O2/c1-15(2)27(21(30)16-10-9-11-17(24)12-16)14-20(29)25-19-13-18(22(3,4)5)26-28(19)23(6,7)8/h9-13,15H,14H2,1-8H3,(H,25,29). The SMILES string of the molecule is CC(C)N(CC(=O)Nc1cc(C(C)(C)C)nn1C(C)(C)C)C(=O)c1cccc(F)c1. The molecule has 30 heavy (non-hydrogen) atoms. The second kappa shape index (κ2) is 8.58. The van der Waals surface area contributed by atoms with Gasteiger partial charge in [0, 0.05) is 23.1 Å². The van der Waals surface area contributed by atoms with Crippen molar-refractivity contribution in [1.82, 2.24) is 14.7 Å². The summed E-state index contributed by atoms with van der Waals surface area (Å²) in [5.74, 6) is -0.629. The molecule has 1 heterocycles. The van der Waals surface area contributed by atoms with Crippen LogP contribution in [-0.4, -0.2) is 39.1 Å². The highest BCUT2D eigenvalue weighted by molar-refractivity contribution is 5.99. The Labute approximate surface area is 178 Å². The number of aromatic nitrogens is 2. The Morgan fingerprint density at radius 1 is 1.13 bits per heavy atom. The van der Waals surface area contributed by atoms with Gasteiger partial charge in [0.1, 0.15) is 18.2 Å². The predicted molar refractivity (Wildman–Crippen MR) is 117 cm³/mol. The van der Waals surface area contributed by atoms with E-state index in [1.165, 1.54) is 23.1 Å². The van der Waals surface area contributed by atoms with Gasteiger partial charge in [0.25, 0.3) is 5.91 Å². The Balaban J connectivity index is 2.26. The molecule has 6 nitrogen and oxygen atoms in total. The highest BCUT2D eigenvalue weighted by Gasteiger charge is 2.27. The maximum atomic E-state index is 13.5. The van der Waals surface area contributed by atoms with E-state index < -0.39 is 5.82 Å². The Bertz CT molecular complexity index is 920. The molecule has 2 aromatic rings.